The molecule has 5 rings (SSSR count). The number of carbonyl (C=O) groups excluding carboxylic acids is 1. The van der Waals surface area contributed by atoms with Crippen molar-refractivity contribution >= 4 is 5.97 Å². The largest absolute Gasteiger partial charge is 0.462 e. The highest BCUT2D eigenvalue weighted by molar-refractivity contribution is 5.72. The molecule has 204 valence electrons. The Balaban J connectivity index is 1.34. The van der Waals surface area contributed by atoms with Crippen molar-refractivity contribution < 1.29 is 9.53 Å². The zero-order valence-corrected chi connectivity index (χ0v) is 24.6. The van der Waals surface area contributed by atoms with Crippen molar-refractivity contribution in [3.63, 3.8) is 0 Å². The van der Waals surface area contributed by atoms with Gasteiger partial charge in [-0.05, 0) is 121 Å². The molecule has 0 bridgehead atoms. The van der Waals surface area contributed by atoms with Crippen molar-refractivity contribution in [2.45, 2.75) is 131 Å². The molecule has 2 nitrogen and oxygen atoms in total. The third kappa shape index (κ3) is 5.20. The highest BCUT2D eigenvalue weighted by Gasteiger charge is 2.51. The van der Waals surface area contributed by atoms with Crippen LogP contribution in [-0.4, -0.2) is 12.1 Å². The van der Waals surface area contributed by atoms with Crippen molar-refractivity contribution in [3.8, 4) is 0 Å². The average Bonchev–Trinajstić information content (AvgIpc) is 3.25. The van der Waals surface area contributed by atoms with Crippen LogP contribution in [0.4, 0.5) is 0 Å². The molecule has 0 heterocycles. The topological polar surface area (TPSA) is 26.3 Å². The molecule has 4 aliphatic carbocycles. The molecule has 6 unspecified atom stereocenters. The zero-order valence-electron chi connectivity index (χ0n) is 24.6. The summed E-state index contributed by atoms with van der Waals surface area (Å²) in [6.45, 7) is 14.5. The van der Waals surface area contributed by atoms with Crippen molar-refractivity contribution in [2.75, 3.05) is 0 Å². The molecule has 1 aromatic rings. The van der Waals surface area contributed by atoms with Crippen LogP contribution in [0.1, 0.15) is 126 Å². The van der Waals surface area contributed by atoms with Crippen LogP contribution >= 0.6 is 0 Å². The van der Waals surface area contributed by atoms with E-state index in [1.807, 2.05) is 0 Å². The van der Waals surface area contributed by atoms with Crippen LogP contribution in [0.2, 0.25) is 0 Å². The molecule has 1 aromatic carbocycles. The minimum Gasteiger partial charge on any atom is -0.462 e. The van der Waals surface area contributed by atoms with Crippen LogP contribution in [0.15, 0.2) is 18.2 Å². The number of benzene rings is 1. The van der Waals surface area contributed by atoms with E-state index in [4.69, 9.17) is 4.74 Å². The number of hydrogen-bond donors (Lipinski definition) is 0. The fourth-order valence-corrected chi connectivity index (χ4v) is 8.63. The first kappa shape index (κ1) is 27.0. The Kier molecular flexibility index (Phi) is 7.95. The van der Waals surface area contributed by atoms with Crippen LogP contribution in [0, 0.1) is 41.9 Å². The molecule has 0 radical (unpaired) electrons. The van der Waals surface area contributed by atoms with Gasteiger partial charge in [0.2, 0.25) is 0 Å². The maximum Gasteiger partial charge on any atom is 0.309 e. The number of allylic oxidation sites excluding steroid dienone is 2. The smallest absolute Gasteiger partial charge is 0.309 e. The summed E-state index contributed by atoms with van der Waals surface area (Å²) in [5, 5.41) is 0. The summed E-state index contributed by atoms with van der Waals surface area (Å²) in [7, 11) is 0. The van der Waals surface area contributed by atoms with E-state index in [9.17, 15) is 4.79 Å². The van der Waals surface area contributed by atoms with Crippen molar-refractivity contribution in [3.05, 3.63) is 46.0 Å². The number of hydrogen-bond acceptors (Lipinski definition) is 2. The Bertz CT molecular complexity index is 1010. The van der Waals surface area contributed by atoms with Crippen molar-refractivity contribution in [1.82, 2.24) is 0 Å². The van der Waals surface area contributed by atoms with Gasteiger partial charge in [0, 0.05) is 6.42 Å². The highest BCUT2D eigenvalue weighted by Crippen LogP contribution is 2.61. The number of rotatable bonds is 6. The van der Waals surface area contributed by atoms with E-state index in [2.05, 4.69) is 59.8 Å². The van der Waals surface area contributed by atoms with Crippen LogP contribution in [0.5, 0.6) is 0 Å². The second kappa shape index (κ2) is 10.9. The molecule has 2 saturated carbocycles. The van der Waals surface area contributed by atoms with Gasteiger partial charge >= 0.3 is 5.97 Å². The average molecular weight is 505 g/mol. The lowest BCUT2D eigenvalue weighted by Gasteiger charge is -2.45. The number of carbonyl (C=O) groups is 1. The Labute approximate surface area is 227 Å². The van der Waals surface area contributed by atoms with Crippen molar-refractivity contribution in [1.29, 1.82) is 0 Å². The minimum absolute atomic E-state index is 0.0683. The first-order chi connectivity index (χ1) is 17.7. The van der Waals surface area contributed by atoms with Crippen molar-refractivity contribution in [2.24, 2.45) is 35.0 Å². The van der Waals surface area contributed by atoms with E-state index >= 15 is 0 Å². The summed E-state index contributed by atoms with van der Waals surface area (Å²) < 4.78 is 6.14. The zero-order chi connectivity index (χ0) is 26.3. The fourth-order valence-electron chi connectivity index (χ4n) is 8.63. The van der Waals surface area contributed by atoms with E-state index in [0.717, 1.165) is 38.0 Å². The standard InChI is InChI=1S/C35H52O2/c1-22(2)23(3)12-13-24(4)32-16-17-33-31-21-27-20-28(37-34(36)26-10-8-7-9-11-26)14-15-29(27)25(5)30(31)18-19-35(32,33)6/h12-13,21-24,26,28,32-33H,7-11,14-20H2,1-6H3/b13-12+. The Morgan fingerprint density at radius 1 is 0.973 bits per heavy atom. The molecule has 0 aliphatic heterocycles. The maximum absolute atomic E-state index is 12.9. The van der Waals surface area contributed by atoms with E-state index in [0.29, 0.717) is 29.1 Å². The molecular formula is C35H52O2. The summed E-state index contributed by atoms with van der Waals surface area (Å²) >= 11 is 0. The Morgan fingerprint density at radius 2 is 1.73 bits per heavy atom. The fraction of sp³-hybridized carbons (Fsp3) is 0.743. The molecule has 6 atom stereocenters. The minimum atomic E-state index is 0.0683. The van der Waals surface area contributed by atoms with Gasteiger partial charge in [-0.1, -0.05) is 72.1 Å². The second-order valence-electron chi connectivity index (χ2n) is 13.9. The lowest BCUT2D eigenvalue weighted by molar-refractivity contribution is -0.155. The lowest BCUT2D eigenvalue weighted by atomic mass is 9.60. The number of esters is 1. The molecule has 0 amide bonds. The van der Waals surface area contributed by atoms with Gasteiger partial charge in [0.15, 0.2) is 0 Å². The quantitative estimate of drug-likeness (QED) is 0.285. The van der Waals surface area contributed by atoms with Gasteiger partial charge in [-0.15, -0.1) is 0 Å². The molecule has 2 heteroatoms. The summed E-state index contributed by atoms with van der Waals surface area (Å²) in [5.74, 6) is 3.67. The van der Waals surface area contributed by atoms with Crippen LogP contribution < -0.4 is 0 Å². The third-order valence-corrected chi connectivity index (χ3v) is 11.5. The Hall–Kier alpha value is -1.57. The second-order valence-corrected chi connectivity index (χ2v) is 13.9. The van der Waals surface area contributed by atoms with Gasteiger partial charge < -0.3 is 4.74 Å². The molecule has 0 saturated heterocycles. The van der Waals surface area contributed by atoms with Gasteiger partial charge in [0.05, 0.1) is 5.92 Å². The van der Waals surface area contributed by atoms with Gasteiger partial charge in [-0.2, -0.15) is 0 Å². The van der Waals surface area contributed by atoms with E-state index < -0.39 is 0 Å². The molecule has 4 aliphatic rings. The number of ether oxygens (including phenoxy) is 1. The van der Waals surface area contributed by atoms with E-state index in [1.54, 1.807) is 22.3 Å². The molecule has 0 N–H and O–H groups in total. The maximum atomic E-state index is 12.9. The van der Waals surface area contributed by atoms with Crippen LogP contribution in [0.25, 0.3) is 0 Å². The predicted molar refractivity (Wildman–Crippen MR) is 154 cm³/mol. The predicted octanol–water partition coefficient (Wildman–Crippen LogP) is 8.91. The SMILES string of the molecule is Cc1c2c(cc3c1CCC1(C)C3CCC1C(C)/C=C/C(C)C(C)C)CC(OC(=O)C1CCCCC1)CC2. The Morgan fingerprint density at radius 3 is 2.46 bits per heavy atom. The normalized spacial score (nSPS) is 31.6. The first-order valence-corrected chi connectivity index (χ1v) is 15.7. The number of fused-ring (bicyclic) bond motifs is 4. The van der Waals surface area contributed by atoms with Crippen LogP contribution in [0.3, 0.4) is 0 Å². The molecule has 2 fully saturated rings. The van der Waals surface area contributed by atoms with Gasteiger partial charge in [0.1, 0.15) is 6.10 Å². The summed E-state index contributed by atoms with van der Waals surface area (Å²) in [6, 6.07) is 2.59. The molecule has 0 spiro atoms. The van der Waals surface area contributed by atoms with E-state index in [-0.39, 0.29) is 18.0 Å². The molecular weight excluding hydrogens is 452 g/mol. The van der Waals surface area contributed by atoms with Gasteiger partial charge in [0.25, 0.3) is 0 Å². The van der Waals surface area contributed by atoms with Gasteiger partial charge in [-0.3, -0.25) is 4.79 Å². The monoisotopic (exact) mass is 504 g/mol. The summed E-state index contributed by atoms with van der Waals surface area (Å²) in [4.78, 5) is 12.9. The summed E-state index contributed by atoms with van der Waals surface area (Å²) in [5.41, 5.74) is 8.32. The van der Waals surface area contributed by atoms with Crippen LogP contribution in [-0.2, 0) is 28.8 Å². The molecule has 0 aromatic heterocycles. The van der Waals surface area contributed by atoms with Gasteiger partial charge in [-0.25, -0.2) is 0 Å². The third-order valence-electron chi connectivity index (χ3n) is 11.5. The summed E-state index contributed by atoms with van der Waals surface area (Å²) in [6.07, 6.45) is 19.0. The molecule has 37 heavy (non-hydrogen) atoms. The van der Waals surface area contributed by atoms with E-state index in [1.165, 1.54) is 50.5 Å². The first-order valence-electron chi connectivity index (χ1n) is 15.7. The lowest BCUT2D eigenvalue weighted by Crippen LogP contribution is -2.36. The highest BCUT2D eigenvalue weighted by atomic mass is 16.5.